The number of alkyl halides is 3. The van der Waals surface area contributed by atoms with Gasteiger partial charge in [0, 0.05) is 57.1 Å². The van der Waals surface area contributed by atoms with Gasteiger partial charge in [-0.1, -0.05) is 18.2 Å². The molecule has 6 nitrogen and oxygen atoms in total. The van der Waals surface area contributed by atoms with Gasteiger partial charge in [-0.15, -0.1) is 11.3 Å². The molecule has 3 aromatic heterocycles. The topological polar surface area (TPSA) is 95.1 Å². The molecular weight excluding hydrogens is 443 g/mol. The molecule has 0 aliphatic carbocycles. The van der Waals surface area contributed by atoms with Crippen molar-refractivity contribution >= 4 is 33.3 Å². The summed E-state index contributed by atoms with van der Waals surface area (Å²) in [4.78, 5) is 28.9. The van der Waals surface area contributed by atoms with Crippen LogP contribution in [0.5, 0.6) is 0 Å². The molecule has 0 radical (unpaired) electrons. The van der Waals surface area contributed by atoms with Crippen LogP contribution in [-0.4, -0.2) is 39.7 Å². The lowest BCUT2D eigenvalue weighted by Gasteiger charge is -2.10. The van der Waals surface area contributed by atoms with E-state index in [0.29, 0.717) is 6.54 Å². The highest BCUT2D eigenvalue weighted by Crippen LogP contribution is 2.34. The van der Waals surface area contributed by atoms with Crippen molar-refractivity contribution in [1.82, 2.24) is 15.3 Å². The first-order valence-corrected chi connectivity index (χ1v) is 10.3. The van der Waals surface area contributed by atoms with Crippen molar-refractivity contribution in [2.24, 2.45) is 0 Å². The van der Waals surface area contributed by atoms with Crippen LogP contribution < -0.4 is 5.32 Å². The molecule has 0 saturated heterocycles. The molecule has 0 saturated carbocycles. The van der Waals surface area contributed by atoms with Crippen LogP contribution in [0.15, 0.2) is 54.0 Å². The molecule has 1 aliphatic rings. The summed E-state index contributed by atoms with van der Waals surface area (Å²) in [5, 5.41) is 13.4. The van der Waals surface area contributed by atoms with Gasteiger partial charge in [-0.3, -0.25) is 9.78 Å². The van der Waals surface area contributed by atoms with E-state index in [1.165, 1.54) is 10.1 Å². The second-order valence-electron chi connectivity index (χ2n) is 6.96. The molecule has 4 aromatic rings. The lowest BCUT2D eigenvalue weighted by molar-refractivity contribution is -0.192. The minimum Gasteiger partial charge on any atom is -0.475 e. The number of aromatic nitrogens is 2. The fraction of sp³-hybridized carbons (Fsp3) is 0.136. The quantitative estimate of drug-likeness (QED) is 0.398. The van der Waals surface area contributed by atoms with Gasteiger partial charge in [-0.2, -0.15) is 13.2 Å². The third-order valence-corrected chi connectivity index (χ3v) is 5.84. The average Bonchev–Trinajstić information content (AvgIpc) is 3.39. The predicted molar refractivity (Wildman–Crippen MR) is 115 cm³/mol. The van der Waals surface area contributed by atoms with E-state index in [-0.39, 0.29) is 5.91 Å². The minimum absolute atomic E-state index is 0.00172. The number of aromatic amines is 1. The number of benzene rings is 1. The van der Waals surface area contributed by atoms with Crippen LogP contribution in [0.4, 0.5) is 13.2 Å². The Hall–Kier alpha value is -3.66. The Morgan fingerprint density at radius 3 is 2.59 bits per heavy atom. The molecule has 5 rings (SSSR count). The Morgan fingerprint density at radius 2 is 1.88 bits per heavy atom. The second-order valence-corrected chi connectivity index (χ2v) is 7.87. The van der Waals surface area contributed by atoms with Crippen molar-refractivity contribution in [3.8, 4) is 22.5 Å². The van der Waals surface area contributed by atoms with Gasteiger partial charge in [0.25, 0.3) is 5.91 Å². The number of carbonyl (C=O) groups excluding carboxylic acids is 1. The van der Waals surface area contributed by atoms with Crippen LogP contribution in [0.2, 0.25) is 0 Å². The first-order chi connectivity index (χ1) is 15.2. The van der Waals surface area contributed by atoms with E-state index in [4.69, 9.17) is 9.90 Å². The highest BCUT2D eigenvalue weighted by Gasteiger charge is 2.38. The smallest absolute Gasteiger partial charge is 0.475 e. The van der Waals surface area contributed by atoms with Crippen LogP contribution in [0, 0.1) is 0 Å². The maximum Gasteiger partial charge on any atom is 0.490 e. The number of carboxylic acid groups (broad SMARTS) is 1. The van der Waals surface area contributed by atoms with E-state index in [2.05, 4.69) is 51.0 Å². The van der Waals surface area contributed by atoms with E-state index in [0.717, 1.165) is 40.2 Å². The molecular formula is C22H16F3N3O3S. The van der Waals surface area contributed by atoms with E-state index < -0.39 is 12.1 Å². The van der Waals surface area contributed by atoms with Crippen LogP contribution in [0.25, 0.3) is 32.6 Å². The van der Waals surface area contributed by atoms with Crippen molar-refractivity contribution in [3.63, 3.8) is 0 Å². The molecule has 32 heavy (non-hydrogen) atoms. The van der Waals surface area contributed by atoms with Crippen molar-refractivity contribution < 1.29 is 27.9 Å². The van der Waals surface area contributed by atoms with Gasteiger partial charge < -0.3 is 15.4 Å². The molecule has 1 aromatic carbocycles. The summed E-state index contributed by atoms with van der Waals surface area (Å²) in [5.74, 6) is -2.76. The number of aliphatic carboxylic acids is 1. The molecule has 0 fully saturated rings. The normalized spacial score (nSPS) is 13.2. The number of fused-ring (bicyclic) bond motifs is 2. The summed E-state index contributed by atoms with van der Waals surface area (Å²) >= 11 is 1.73. The molecule has 0 bridgehead atoms. The lowest BCUT2D eigenvalue weighted by Crippen LogP contribution is -2.31. The second kappa shape index (κ2) is 8.46. The zero-order valence-corrected chi connectivity index (χ0v) is 17.2. The molecule has 164 valence electrons. The fourth-order valence-electron chi connectivity index (χ4n) is 3.37. The van der Waals surface area contributed by atoms with E-state index in [1.807, 2.05) is 18.3 Å². The Kier molecular flexibility index (Phi) is 5.70. The Bertz CT molecular complexity index is 1310. The first-order valence-electron chi connectivity index (χ1n) is 9.47. The number of carbonyl (C=O) groups is 2. The number of halogens is 3. The molecule has 3 N–H and O–H groups in total. The van der Waals surface area contributed by atoms with Gasteiger partial charge in [0.2, 0.25) is 0 Å². The predicted octanol–water partition coefficient (Wildman–Crippen LogP) is 4.88. The largest absolute Gasteiger partial charge is 0.490 e. The maximum absolute atomic E-state index is 12.0. The van der Waals surface area contributed by atoms with Crippen molar-refractivity contribution in [1.29, 1.82) is 0 Å². The summed E-state index contributed by atoms with van der Waals surface area (Å²) < 4.78 is 33.0. The highest BCUT2D eigenvalue weighted by molar-refractivity contribution is 7.17. The average molecular weight is 459 g/mol. The van der Waals surface area contributed by atoms with E-state index in [1.54, 1.807) is 11.3 Å². The maximum atomic E-state index is 12.0. The number of hydrogen-bond donors (Lipinski definition) is 3. The van der Waals surface area contributed by atoms with E-state index in [9.17, 15) is 18.0 Å². The first kappa shape index (κ1) is 21.6. The van der Waals surface area contributed by atoms with Crippen LogP contribution in [0.1, 0.15) is 16.1 Å². The van der Waals surface area contributed by atoms with Gasteiger partial charge in [-0.25, -0.2) is 4.79 Å². The molecule has 0 atom stereocenters. The number of H-pyrrole nitrogens is 1. The van der Waals surface area contributed by atoms with Crippen LogP contribution in [-0.2, 0) is 11.2 Å². The number of nitrogens with zero attached hydrogens (tertiary/aromatic N) is 1. The Labute approximate surface area is 183 Å². The Morgan fingerprint density at radius 1 is 1.12 bits per heavy atom. The third kappa shape index (κ3) is 4.35. The van der Waals surface area contributed by atoms with Gasteiger partial charge in [0.15, 0.2) is 0 Å². The number of thiophene rings is 1. The third-order valence-electron chi connectivity index (χ3n) is 4.87. The monoisotopic (exact) mass is 459 g/mol. The molecule has 1 aliphatic heterocycles. The van der Waals surface area contributed by atoms with Gasteiger partial charge in [-0.05, 0) is 24.3 Å². The zero-order chi connectivity index (χ0) is 22.9. The molecule has 4 heterocycles. The lowest BCUT2D eigenvalue weighted by atomic mass is 10.1. The van der Waals surface area contributed by atoms with Gasteiger partial charge in [0.05, 0.1) is 11.3 Å². The van der Waals surface area contributed by atoms with Crippen molar-refractivity contribution in [3.05, 3.63) is 65.3 Å². The highest BCUT2D eigenvalue weighted by atomic mass is 32.1. The zero-order valence-electron chi connectivity index (χ0n) is 16.4. The number of rotatable bonds is 2. The Balaban J connectivity index is 0.000000307. The molecule has 10 heteroatoms. The van der Waals surface area contributed by atoms with Crippen molar-refractivity contribution in [2.45, 2.75) is 12.6 Å². The summed E-state index contributed by atoms with van der Waals surface area (Å²) in [5.41, 5.74) is 5.87. The standard InChI is InChI=1S/C20H15N3OS.C2HF3O2/c24-20-14-10-17(23-16(14)6-8-22-20)12-5-7-21-18(9-12)15-11-25-19-4-2-1-3-13(15)19;3-2(4,5)1(6)7/h1-5,7,9-11,23H,6,8H2,(H,22,24);(H,6,7). The summed E-state index contributed by atoms with van der Waals surface area (Å²) in [6.07, 6.45) is -2.41. The summed E-state index contributed by atoms with van der Waals surface area (Å²) in [7, 11) is 0. The van der Waals surface area contributed by atoms with Gasteiger partial charge in [0.1, 0.15) is 0 Å². The van der Waals surface area contributed by atoms with Crippen molar-refractivity contribution in [2.75, 3.05) is 6.54 Å². The SMILES string of the molecule is O=C(O)C(F)(F)F.O=C1NCCc2[nH]c(-c3ccnc(-c4csc5ccccc45)c3)cc21. The van der Waals surface area contributed by atoms with Gasteiger partial charge >= 0.3 is 12.1 Å². The number of nitrogens with one attached hydrogen (secondary N) is 2. The number of hydrogen-bond acceptors (Lipinski definition) is 4. The molecule has 0 spiro atoms. The van der Waals surface area contributed by atoms with Crippen LogP contribution >= 0.6 is 11.3 Å². The number of amides is 1. The number of carboxylic acids is 1. The summed E-state index contributed by atoms with van der Waals surface area (Å²) in [6, 6.07) is 14.4. The van der Waals surface area contributed by atoms with Crippen LogP contribution in [0.3, 0.4) is 0 Å². The molecule has 0 unspecified atom stereocenters. The number of pyridine rings is 1. The fourth-order valence-corrected chi connectivity index (χ4v) is 4.33. The minimum atomic E-state index is -5.08. The summed E-state index contributed by atoms with van der Waals surface area (Å²) in [6.45, 7) is 0.689. The van der Waals surface area contributed by atoms with E-state index >= 15 is 0 Å². The molecule has 1 amide bonds.